The third-order valence-corrected chi connectivity index (χ3v) is 7.47. The van der Waals surface area contributed by atoms with Gasteiger partial charge in [0.25, 0.3) is 5.91 Å². The summed E-state index contributed by atoms with van der Waals surface area (Å²) in [5.41, 5.74) is 2.22. The second kappa shape index (κ2) is 7.64. The number of hydrogen-bond acceptors (Lipinski definition) is 4. The van der Waals surface area contributed by atoms with Crippen molar-refractivity contribution in [1.82, 2.24) is 10.2 Å². The number of nitrogens with zero attached hydrogens (tertiary/aromatic N) is 2. The molecule has 4 atom stereocenters. The summed E-state index contributed by atoms with van der Waals surface area (Å²) in [5, 5.41) is 3.44. The molecule has 1 N–H and O–H groups in total. The van der Waals surface area contributed by atoms with E-state index in [0.717, 1.165) is 22.4 Å². The molecule has 3 aromatic rings. The van der Waals surface area contributed by atoms with E-state index in [0.29, 0.717) is 6.54 Å². The number of nitrogens with one attached hydrogen (secondary N) is 1. The Morgan fingerprint density at radius 1 is 0.735 bits per heavy atom. The zero-order valence-corrected chi connectivity index (χ0v) is 18.8. The topological polar surface area (TPSA) is 69.7 Å². The molecule has 0 radical (unpaired) electrons. The van der Waals surface area contributed by atoms with E-state index < -0.39 is 17.4 Å². The number of anilines is 1. The Labute approximate surface area is 198 Å². The van der Waals surface area contributed by atoms with Crippen LogP contribution in [0.4, 0.5) is 5.69 Å². The van der Waals surface area contributed by atoms with Gasteiger partial charge in [-0.25, -0.2) is 0 Å². The number of amides is 3. The van der Waals surface area contributed by atoms with Gasteiger partial charge in [0.15, 0.2) is 0 Å². The molecule has 34 heavy (non-hydrogen) atoms. The SMILES string of the molecule is C[C@@H]1N[C@]2(C(=O)N(Cc3ccccc3)c3ccccc32)[C@@H]2C(=O)N(Cc3ccccc3)C(=O)[C@H]12. The maximum absolute atomic E-state index is 14.2. The number of carbonyl (C=O) groups excluding carboxylic acids is 3. The zero-order chi connectivity index (χ0) is 23.4. The highest BCUT2D eigenvalue weighted by atomic mass is 16.2. The van der Waals surface area contributed by atoms with Gasteiger partial charge in [0.2, 0.25) is 11.8 Å². The van der Waals surface area contributed by atoms with Crippen molar-refractivity contribution in [3.63, 3.8) is 0 Å². The van der Waals surface area contributed by atoms with Gasteiger partial charge >= 0.3 is 0 Å². The third-order valence-electron chi connectivity index (χ3n) is 7.47. The summed E-state index contributed by atoms with van der Waals surface area (Å²) in [5.74, 6) is -2.00. The van der Waals surface area contributed by atoms with Crippen LogP contribution in [0.2, 0.25) is 0 Å². The van der Waals surface area contributed by atoms with E-state index in [-0.39, 0.29) is 30.3 Å². The van der Waals surface area contributed by atoms with Crippen molar-refractivity contribution in [2.45, 2.75) is 31.6 Å². The summed E-state index contributed by atoms with van der Waals surface area (Å²) in [4.78, 5) is 44.6. The molecule has 6 rings (SSSR count). The van der Waals surface area contributed by atoms with Crippen LogP contribution < -0.4 is 10.2 Å². The Balaban J connectivity index is 1.42. The smallest absolute Gasteiger partial charge is 0.253 e. The molecule has 3 aliphatic rings. The van der Waals surface area contributed by atoms with Gasteiger partial charge in [-0.15, -0.1) is 0 Å². The highest BCUT2D eigenvalue weighted by Crippen LogP contribution is 2.54. The Kier molecular flexibility index (Phi) is 4.67. The highest BCUT2D eigenvalue weighted by Gasteiger charge is 2.70. The quantitative estimate of drug-likeness (QED) is 0.619. The van der Waals surface area contributed by atoms with Gasteiger partial charge in [-0.3, -0.25) is 24.6 Å². The van der Waals surface area contributed by atoms with E-state index in [1.165, 1.54) is 4.90 Å². The van der Waals surface area contributed by atoms with Crippen LogP contribution in [0, 0.1) is 11.8 Å². The minimum atomic E-state index is -1.24. The number of rotatable bonds is 4. The zero-order valence-electron chi connectivity index (χ0n) is 18.8. The summed E-state index contributed by atoms with van der Waals surface area (Å²) in [6, 6.07) is 26.6. The van der Waals surface area contributed by atoms with Crippen molar-refractivity contribution in [1.29, 1.82) is 0 Å². The molecule has 2 fully saturated rings. The molecule has 0 unspecified atom stereocenters. The minimum absolute atomic E-state index is 0.167. The van der Waals surface area contributed by atoms with Gasteiger partial charge in [0.05, 0.1) is 24.9 Å². The van der Waals surface area contributed by atoms with Crippen LogP contribution >= 0.6 is 0 Å². The summed E-state index contributed by atoms with van der Waals surface area (Å²) >= 11 is 0. The lowest BCUT2D eigenvalue weighted by atomic mass is 9.76. The number of benzene rings is 3. The van der Waals surface area contributed by atoms with E-state index in [2.05, 4.69) is 5.32 Å². The van der Waals surface area contributed by atoms with Gasteiger partial charge in [-0.1, -0.05) is 78.9 Å². The number of para-hydroxylation sites is 1. The summed E-state index contributed by atoms with van der Waals surface area (Å²) in [6.07, 6.45) is 0. The third kappa shape index (κ3) is 2.82. The molecule has 0 saturated carbocycles. The van der Waals surface area contributed by atoms with Crippen molar-refractivity contribution >= 4 is 23.4 Å². The lowest BCUT2D eigenvalue weighted by Gasteiger charge is -2.30. The molecule has 3 heterocycles. The van der Waals surface area contributed by atoms with Crippen molar-refractivity contribution in [3.05, 3.63) is 102 Å². The number of fused-ring (bicyclic) bond motifs is 4. The average Bonchev–Trinajstić information content (AvgIpc) is 3.40. The first-order valence-corrected chi connectivity index (χ1v) is 11.6. The predicted octanol–water partition coefficient (Wildman–Crippen LogP) is 3.22. The first-order chi connectivity index (χ1) is 16.5. The minimum Gasteiger partial charge on any atom is -0.306 e. The molecule has 170 valence electrons. The summed E-state index contributed by atoms with van der Waals surface area (Å²) in [6.45, 7) is 2.53. The van der Waals surface area contributed by atoms with Crippen LogP contribution in [-0.4, -0.2) is 28.7 Å². The fourth-order valence-electron chi connectivity index (χ4n) is 6.01. The van der Waals surface area contributed by atoms with Gasteiger partial charge in [0, 0.05) is 17.3 Å². The van der Waals surface area contributed by atoms with Crippen LogP contribution in [0.25, 0.3) is 0 Å². The molecular formula is C28H25N3O3. The molecule has 6 heteroatoms. The number of carbonyl (C=O) groups is 3. The van der Waals surface area contributed by atoms with Crippen LogP contribution in [0.5, 0.6) is 0 Å². The van der Waals surface area contributed by atoms with Crippen LogP contribution in [0.3, 0.4) is 0 Å². The van der Waals surface area contributed by atoms with E-state index in [1.807, 2.05) is 91.9 Å². The molecular weight excluding hydrogens is 426 g/mol. The molecule has 0 aromatic heterocycles. The highest BCUT2D eigenvalue weighted by molar-refractivity contribution is 6.16. The van der Waals surface area contributed by atoms with Crippen LogP contribution in [-0.2, 0) is 33.0 Å². The van der Waals surface area contributed by atoms with E-state index in [4.69, 9.17) is 0 Å². The number of hydrogen-bond donors (Lipinski definition) is 1. The summed E-state index contributed by atoms with van der Waals surface area (Å²) in [7, 11) is 0. The average molecular weight is 452 g/mol. The van der Waals surface area contributed by atoms with E-state index in [1.54, 1.807) is 4.90 Å². The lowest BCUT2D eigenvalue weighted by Crippen LogP contribution is -2.54. The molecule has 0 aliphatic carbocycles. The molecule has 2 saturated heterocycles. The van der Waals surface area contributed by atoms with Crippen molar-refractivity contribution < 1.29 is 14.4 Å². The molecule has 1 spiro atoms. The standard InChI is InChI=1S/C28H25N3O3/c1-18-23-24(26(33)31(25(23)32)17-20-12-6-3-7-13-20)28(29-18)21-14-8-9-15-22(21)30(27(28)34)16-19-10-4-2-5-11-19/h2-15,18,23-24,29H,16-17H2,1H3/t18-,23+,24-,28-/m0/s1. The molecule has 6 nitrogen and oxygen atoms in total. The van der Waals surface area contributed by atoms with Gasteiger partial charge in [-0.05, 0) is 24.1 Å². The normalized spacial score (nSPS) is 27.6. The maximum Gasteiger partial charge on any atom is 0.253 e. The molecule has 0 bridgehead atoms. The van der Waals surface area contributed by atoms with Crippen molar-refractivity contribution in [2.24, 2.45) is 11.8 Å². The summed E-state index contributed by atoms with van der Waals surface area (Å²) < 4.78 is 0. The fourth-order valence-corrected chi connectivity index (χ4v) is 6.01. The first-order valence-electron chi connectivity index (χ1n) is 11.6. The Morgan fingerprint density at radius 2 is 1.29 bits per heavy atom. The van der Waals surface area contributed by atoms with Gasteiger partial charge < -0.3 is 4.90 Å². The Bertz CT molecular complexity index is 1290. The number of likely N-dealkylation sites (tertiary alicyclic amines) is 1. The Hall–Kier alpha value is -3.77. The van der Waals surface area contributed by atoms with Crippen LogP contribution in [0.1, 0.15) is 23.6 Å². The second-order valence-corrected chi connectivity index (χ2v) is 9.39. The predicted molar refractivity (Wildman–Crippen MR) is 127 cm³/mol. The van der Waals surface area contributed by atoms with Crippen LogP contribution in [0.15, 0.2) is 84.9 Å². The monoisotopic (exact) mass is 451 g/mol. The fraction of sp³-hybridized carbons (Fsp3) is 0.250. The van der Waals surface area contributed by atoms with Gasteiger partial charge in [0.1, 0.15) is 5.54 Å². The lowest BCUT2D eigenvalue weighted by molar-refractivity contribution is -0.143. The van der Waals surface area contributed by atoms with E-state index >= 15 is 0 Å². The first kappa shape index (κ1) is 20.8. The molecule has 3 aliphatic heterocycles. The van der Waals surface area contributed by atoms with Crippen molar-refractivity contribution in [2.75, 3.05) is 4.90 Å². The number of imide groups is 1. The van der Waals surface area contributed by atoms with E-state index in [9.17, 15) is 14.4 Å². The molecule has 3 aromatic carbocycles. The maximum atomic E-state index is 14.2. The van der Waals surface area contributed by atoms with Crippen molar-refractivity contribution in [3.8, 4) is 0 Å². The second-order valence-electron chi connectivity index (χ2n) is 9.39. The largest absolute Gasteiger partial charge is 0.306 e. The Morgan fingerprint density at radius 3 is 1.94 bits per heavy atom. The van der Waals surface area contributed by atoms with Gasteiger partial charge in [-0.2, -0.15) is 0 Å². The molecule has 3 amide bonds.